The van der Waals surface area contributed by atoms with Crippen molar-refractivity contribution in [1.82, 2.24) is 10.2 Å². The van der Waals surface area contributed by atoms with Crippen molar-refractivity contribution in [2.75, 3.05) is 6.54 Å². The van der Waals surface area contributed by atoms with E-state index in [1.807, 2.05) is 30.3 Å². The minimum Gasteiger partial charge on any atom is -0.374 e. The van der Waals surface area contributed by atoms with E-state index < -0.39 is 6.23 Å². The van der Waals surface area contributed by atoms with Crippen LogP contribution in [0.3, 0.4) is 0 Å². The van der Waals surface area contributed by atoms with Crippen LogP contribution in [0.4, 0.5) is 0 Å². The number of nitrogens with zero attached hydrogens (tertiary/aromatic N) is 1. The standard InChI is InChI=1S/C20H25NO2.C10H15N/c22-15-21(20(23)13-16-7-2-1-3-8-16)14-18-11-6-10-17-9-4-5-12-19(17)18;1-2-8-11-9-10-6-4-3-5-7-10/h4-6,9-12,15-16,20,23H,1-3,7-8,13-14H2;3-7,11H,2,8-9H2,1H3. The second kappa shape index (κ2) is 14.5. The highest BCUT2D eigenvalue weighted by Gasteiger charge is 2.21. The number of aliphatic hydroxyl groups is 1. The van der Waals surface area contributed by atoms with Crippen LogP contribution in [0.25, 0.3) is 10.8 Å². The molecule has 4 rings (SSSR count). The molecule has 182 valence electrons. The van der Waals surface area contributed by atoms with Crippen molar-refractivity contribution in [2.45, 2.75) is 71.2 Å². The number of hydrogen-bond donors (Lipinski definition) is 2. The lowest BCUT2D eigenvalue weighted by molar-refractivity contribution is -0.129. The van der Waals surface area contributed by atoms with Crippen molar-refractivity contribution in [3.8, 4) is 0 Å². The Morgan fingerprint density at radius 2 is 1.68 bits per heavy atom. The third-order valence-corrected chi connectivity index (χ3v) is 6.62. The van der Waals surface area contributed by atoms with Crippen LogP contribution in [0.1, 0.15) is 63.0 Å². The quantitative estimate of drug-likeness (QED) is 0.213. The summed E-state index contributed by atoms with van der Waals surface area (Å²) < 4.78 is 0. The van der Waals surface area contributed by atoms with Gasteiger partial charge < -0.3 is 15.3 Å². The van der Waals surface area contributed by atoms with E-state index in [0.717, 1.165) is 35.8 Å². The molecule has 1 atom stereocenters. The van der Waals surface area contributed by atoms with Crippen molar-refractivity contribution in [1.29, 1.82) is 0 Å². The summed E-state index contributed by atoms with van der Waals surface area (Å²) in [6.45, 7) is 4.74. The number of carbonyl (C=O) groups excluding carboxylic acids is 1. The number of carbonyl (C=O) groups is 1. The predicted octanol–water partition coefficient (Wildman–Crippen LogP) is 6.27. The first-order valence-electron chi connectivity index (χ1n) is 12.8. The van der Waals surface area contributed by atoms with Crippen molar-refractivity contribution < 1.29 is 9.90 Å². The number of rotatable bonds is 10. The third-order valence-electron chi connectivity index (χ3n) is 6.62. The Kier molecular flexibility index (Phi) is 11.1. The molecule has 4 nitrogen and oxygen atoms in total. The number of nitrogens with one attached hydrogen (secondary N) is 1. The summed E-state index contributed by atoms with van der Waals surface area (Å²) >= 11 is 0. The highest BCUT2D eigenvalue weighted by molar-refractivity contribution is 5.85. The molecule has 0 spiro atoms. The maximum absolute atomic E-state index is 11.5. The van der Waals surface area contributed by atoms with Gasteiger partial charge in [0, 0.05) is 13.1 Å². The number of fused-ring (bicyclic) bond motifs is 1. The summed E-state index contributed by atoms with van der Waals surface area (Å²) in [5.41, 5.74) is 2.44. The summed E-state index contributed by atoms with van der Waals surface area (Å²) in [7, 11) is 0. The van der Waals surface area contributed by atoms with Gasteiger partial charge in [0.15, 0.2) is 0 Å². The van der Waals surface area contributed by atoms with Gasteiger partial charge in [-0.25, -0.2) is 0 Å². The molecule has 2 N–H and O–H groups in total. The van der Waals surface area contributed by atoms with Crippen LogP contribution in [-0.2, 0) is 17.9 Å². The fraction of sp³-hybridized carbons (Fsp3) is 0.433. The molecular weight excluding hydrogens is 420 g/mol. The number of amides is 1. The first kappa shape index (κ1) is 25.9. The van der Waals surface area contributed by atoms with Gasteiger partial charge in [-0.15, -0.1) is 0 Å². The Morgan fingerprint density at radius 3 is 2.41 bits per heavy atom. The average molecular weight is 461 g/mol. The predicted molar refractivity (Wildman–Crippen MR) is 141 cm³/mol. The van der Waals surface area contributed by atoms with Gasteiger partial charge in [-0.05, 0) is 47.2 Å². The lowest BCUT2D eigenvalue weighted by atomic mass is 9.86. The number of aliphatic hydroxyl groups excluding tert-OH is 1. The molecule has 3 aromatic rings. The zero-order valence-electron chi connectivity index (χ0n) is 20.5. The van der Waals surface area contributed by atoms with E-state index in [2.05, 4.69) is 54.7 Å². The van der Waals surface area contributed by atoms with Crippen molar-refractivity contribution in [3.63, 3.8) is 0 Å². The molecule has 1 fully saturated rings. The zero-order valence-corrected chi connectivity index (χ0v) is 20.5. The van der Waals surface area contributed by atoms with E-state index in [1.54, 1.807) is 0 Å². The average Bonchev–Trinajstić information content (AvgIpc) is 2.89. The second-order valence-electron chi connectivity index (χ2n) is 9.30. The zero-order chi connectivity index (χ0) is 24.0. The molecule has 0 saturated heterocycles. The van der Waals surface area contributed by atoms with E-state index >= 15 is 0 Å². The van der Waals surface area contributed by atoms with Gasteiger partial charge in [0.2, 0.25) is 6.41 Å². The van der Waals surface area contributed by atoms with Crippen molar-refractivity contribution in [3.05, 3.63) is 83.9 Å². The summed E-state index contributed by atoms with van der Waals surface area (Å²) in [6, 6.07) is 24.8. The SMILES string of the molecule is CCCNCc1ccccc1.O=CN(Cc1cccc2ccccc12)C(O)CC1CCCCC1. The fourth-order valence-corrected chi connectivity index (χ4v) is 4.70. The van der Waals surface area contributed by atoms with E-state index in [9.17, 15) is 9.90 Å². The van der Waals surface area contributed by atoms with Crippen LogP contribution in [0.5, 0.6) is 0 Å². The lowest BCUT2D eigenvalue weighted by Gasteiger charge is -2.29. The van der Waals surface area contributed by atoms with Gasteiger partial charge in [-0.3, -0.25) is 4.79 Å². The number of hydrogen-bond acceptors (Lipinski definition) is 3. The molecule has 1 aliphatic rings. The Balaban J connectivity index is 0.000000248. The Hall–Kier alpha value is -2.69. The molecular formula is C30H40N2O2. The van der Waals surface area contributed by atoms with E-state index in [1.165, 1.54) is 49.0 Å². The summed E-state index contributed by atoms with van der Waals surface area (Å²) in [6.07, 6.45) is 8.17. The van der Waals surface area contributed by atoms with Crippen LogP contribution in [0.15, 0.2) is 72.8 Å². The van der Waals surface area contributed by atoms with Crippen LogP contribution in [0, 0.1) is 5.92 Å². The fourth-order valence-electron chi connectivity index (χ4n) is 4.70. The molecule has 34 heavy (non-hydrogen) atoms. The molecule has 0 heterocycles. The van der Waals surface area contributed by atoms with E-state index in [0.29, 0.717) is 18.9 Å². The van der Waals surface area contributed by atoms with Crippen LogP contribution >= 0.6 is 0 Å². The Morgan fingerprint density at radius 1 is 0.971 bits per heavy atom. The molecule has 1 saturated carbocycles. The lowest BCUT2D eigenvalue weighted by Crippen LogP contribution is -2.35. The van der Waals surface area contributed by atoms with Gasteiger partial charge in [-0.2, -0.15) is 0 Å². The molecule has 0 bridgehead atoms. The van der Waals surface area contributed by atoms with Gasteiger partial charge in [0.1, 0.15) is 6.23 Å². The monoisotopic (exact) mass is 460 g/mol. The van der Waals surface area contributed by atoms with Crippen LogP contribution in [0.2, 0.25) is 0 Å². The molecule has 0 aromatic heterocycles. The van der Waals surface area contributed by atoms with Gasteiger partial charge >= 0.3 is 0 Å². The first-order valence-corrected chi connectivity index (χ1v) is 12.8. The highest BCUT2D eigenvalue weighted by Crippen LogP contribution is 2.28. The second-order valence-corrected chi connectivity index (χ2v) is 9.30. The van der Waals surface area contributed by atoms with Gasteiger partial charge in [0.05, 0.1) is 0 Å². The smallest absolute Gasteiger partial charge is 0.212 e. The van der Waals surface area contributed by atoms with Crippen LogP contribution in [-0.4, -0.2) is 29.2 Å². The molecule has 3 aromatic carbocycles. The molecule has 0 aliphatic heterocycles. The molecule has 1 aliphatic carbocycles. The molecule has 1 unspecified atom stereocenters. The summed E-state index contributed by atoms with van der Waals surface area (Å²) in [5.74, 6) is 0.550. The van der Waals surface area contributed by atoms with Crippen LogP contribution < -0.4 is 5.32 Å². The van der Waals surface area contributed by atoms with Crippen molar-refractivity contribution in [2.24, 2.45) is 5.92 Å². The topological polar surface area (TPSA) is 52.6 Å². The largest absolute Gasteiger partial charge is 0.374 e. The minimum atomic E-state index is -0.686. The molecule has 0 radical (unpaired) electrons. The maximum atomic E-state index is 11.5. The Bertz CT molecular complexity index is 964. The normalized spacial score (nSPS) is 14.8. The summed E-state index contributed by atoms with van der Waals surface area (Å²) in [5, 5.41) is 16.2. The number of benzene rings is 3. The summed E-state index contributed by atoms with van der Waals surface area (Å²) in [4.78, 5) is 13.0. The molecule has 4 heteroatoms. The highest BCUT2D eigenvalue weighted by atomic mass is 16.3. The Labute approximate surface area is 205 Å². The van der Waals surface area contributed by atoms with Crippen molar-refractivity contribution >= 4 is 17.2 Å². The van der Waals surface area contributed by atoms with E-state index in [-0.39, 0.29) is 0 Å². The van der Waals surface area contributed by atoms with Gasteiger partial charge in [0.25, 0.3) is 0 Å². The van der Waals surface area contributed by atoms with E-state index in [4.69, 9.17) is 0 Å². The first-order chi connectivity index (χ1) is 16.7. The molecule has 1 amide bonds. The minimum absolute atomic E-state index is 0.457. The maximum Gasteiger partial charge on any atom is 0.212 e. The third kappa shape index (κ3) is 8.27. The van der Waals surface area contributed by atoms with Gasteiger partial charge in [-0.1, -0.05) is 112 Å².